The predicted octanol–water partition coefficient (Wildman–Crippen LogP) is -4.12. The minimum absolute atomic E-state index is 4.69. The van der Waals surface area contributed by atoms with E-state index in [9.17, 15) is 0 Å². The van der Waals surface area contributed by atoms with E-state index in [4.69, 9.17) is 18.6 Å². The number of halogens is 1. The normalized spacial score (nSPS) is 12.0. The molecule has 0 aromatic carbocycles. The maximum Gasteiger partial charge on any atom is 0.0777 e. The van der Waals surface area contributed by atoms with E-state index in [1.165, 1.54) is 0 Å². The van der Waals surface area contributed by atoms with Crippen LogP contribution in [-0.2, 0) is 0 Å². The first-order valence-corrected chi connectivity index (χ1v) is 1.90. The van der Waals surface area contributed by atoms with Gasteiger partial charge in [0.15, 0.2) is 0 Å². The van der Waals surface area contributed by atoms with Gasteiger partial charge in [0.1, 0.15) is 0 Å². The first-order chi connectivity index (χ1) is 2.00. The first kappa shape index (κ1) is 5.13. The molecule has 0 aliphatic rings. The molecule has 0 fully saturated rings. The molecule has 0 atom stereocenters. The van der Waals surface area contributed by atoms with Crippen molar-refractivity contribution in [2.75, 3.05) is 0 Å². The van der Waals surface area contributed by atoms with Crippen LogP contribution in [0.25, 0.3) is 0 Å². The Bertz CT molecular complexity index is 19.1. The Balaban J connectivity index is 3.02. The molecule has 5 heteroatoms. The monoisotopic (exact) mass is 108 g/mol. The van der Waals surface area contributed by atoms with Crippen molar-refractivity contribution in [2.24, 2.45) is 0 Å². The maximum absolute atomic E-state index is 8.60. The lowest BCUT2D eigenvalue weighted by atomic mass is 17.8. The number of rotatable bonds is 0. The molecule has 32 valence electrons. The van der Waals surface area contributed by atoms with E-state index in [-0.39, 0.29) is 0 Å². The fourth-order valence-corrected chi connectivity index (χ4v) is 0. The highest BCUT2D eigenvalue weighted by atomic mass is 35.7. The molecule has 0 aromatic heterocycles. The summed E-state index contributed by atoms with van der Waals surface area (Å²) in [5.74, 6) is 0. The molecule has 0 bridgehead atoms. The van der Waals surface area contributed by atoms with Gasteiger partial charge in [-0.2, -0.15) is 14.0 Å². The highest BCUT2D eigenvalue weighted by Gasteiger charge is 1.98. The number of hydrogen-bond acceptors (Lipinski definition) is 4. The molecule has 0 heterocycles. The smallest absolute Gasteiger partial charge is 0.0777 e. The van der Waals surface area contributed by atoms with E-state index in [1.54, 1.807) is 0 Å². The second-order valence-electron chi connectivity index (χ2n) is 0.396. The van der Waals surface area contributed by atoms with Gasteiger partial charge in [-0.15, -0.1) is 0 Å². The number of hydrogen-bond donors (Lipinski definition) is 1. The van der Waals surface area contributed by atoms with E-state index in [0.717, 1.165) is 0 Å². The molecular formula is HClO4. The summed E-state index contributed by atoms with van der Waals surface area (Å²) in [7, 11) is -4.69. The van der Waals surface area contributed by atoms with Crippen molar-refractivity contribution in [1.29, 1.82) is 0 Å². The summed E-state index contributed by atoms with van der Waals surface area (Å²) in [5.41, 5.74) is 0. The lowest BCUT2D eigenvalue weighted by Gasteiger charge is -2.03. The molecule has 0 amide bonds. The summed E-state index contributed by atoms with van der Waals surface area (Å²) >= 11 is 0. The summed E-state index contributed by atoms with van der Waals surface area (Å²) in [6.07, 6.45) is 0. The zero-order valence-corrected chi connectivity index (χ0v) is 2.81. The maximum atomic E-state index is 8.60. The largest absolute Gasteiger partial charge is 0.183 e. The summed E-state index contributed by atoms with van der Waals surface area (Å²) in [4.78, 5) is 0. The fraction of sp³-hybridized carbons (Fsp3) is 0. The van der Waals surface area contributed by atoms with Crippen LogP contribution in [0.2, 0.25) is 0 Å². The Morgan fingerprint density at radius 2 is 1.20 bits per heavy atom. The summed E-state index contributed by atoms with van der Waals surface area (Å²) in [5, 5.41) is 0. The molecule has 0 unspecified atom stereocenters. The topological polar surface area (TPSA) is 89.4 Å². The van der Waals surface area contributed by atoms with Crippen LogP contribution in [0.3, 0.4) is 0 Å². The van der Waals surface area contributed by atoms with Crippen LogP contribution in [0.15, 0.2) is 0 Å². The van der Waals surface area contributed by atoms with Gasteiger partial charge in [0, 0.05) is 0 Å². The molecule has 0 saturated carbocycles. The van der Waals surface area contributed by atoms with Crippen LogP contribution in [-0.4, -0.2) is 4.66 Å². The van der Waals surface area contributed by atoms with Crippen molar-refractivity contribution in [2.45, 2.75) is 0 Å². The molecule has 1 N–H and O–H groups in total. The Hall–Kier alpha value is 0.130. The Morgan fingerprint density at radius 1 is 1.20 bits per heavy atom. The van der Waals surface area contributed by atoms with Crippen LogP contribution >= 0.6 is 0 Å². The van der Waals surface area contributed by atoms with E-state index >= 15 is 0 Å². The van der Waals surface area contributed by atoms with E-state index in [2.05, 4.69) is 0 Å². The average molecular weight is 108 g/mol. The van der Waals surface area contributed by atoms with E-state index in [0.29, 0.717) is 0 Å². The predicted molar refractivity (Wildman–Crippen MR) is 2.22 cm³/mol. The third-order valence-electron chi connectivity index (χ3n) is 0. The van der Waals surface area contributed by atoms with Gasteiger partial charge in [-0.25, -0.2) is 0 Å². The third kappa shape index (κ3) is 1110. The van der Waals surface area contributed by atoms with Gasteiger partial charge in [-0.1, -0.05) is 0 Å². The second kappa shape index (κ2) is 1.08. The summed E-state index contributed by atoms with van der Waals surface area (Å²) < 4.78 is 32.7. The van der Waals surface area contributed by atoms with Gasteiger partial charge in [-0.05, 0) is 0 Å². The average Bonchev–Trinajstić information content (AvgIpc) is 0.722. The zero-order valence-electron chi connectivity index (χ0n) is 2.05. The Kier molecular flexibility index (Phi) is 1.10. The SMILES string of the molecule is [18O-][Cl+3]([18O-])([18O-])[18OH]. The second-order valence-corrected chi connectivity index (χ2v) is 1.19. The molecule has 0 rings (SSSR count). The Labute approximate surface area is 30.0 Å². The molecule has 0 aromatic rings. The standard InChI is InChI=1S/ClHO4/c2-1(3,4)5/h(H,2,3,4,5)/i2+2,3+2,4+2,5+2. The molecule has 0 aliphatic heterocycles. The van der Waals surface area contributed by atoms with Gasteiger partial charge in [0.25, 0.3) is 0 Å². The van der Waals surface area contributed by atoms with Crippen LogP contribution < -0.4 is 14.0 Å². The van der Waals surface area contributed by atoms with Gasteiger partial charge in [-0.3, -0.25) is 0 Å². The summed E-state index contributed by atoms with van der Waals surface area (Å²) in [6.45, 7) is 0. The van der Waals surface area contributed by atoms with Crippen LogP contribution in [0.5, 0.6) is 0 Å². The minimum Gasteiger partial charge on any atom is -0.183 e. The zero-order chi connectivity index (χ0) is 4.50. The Morgan fingerprint density at radius 3 is 1.20 bits per heavy atom. The third-order valence-corrected chi connectivity index (χ3v) is 0. The quantitative estimate of drug-likeness (QED) is 0.319. The van der Waals surface area contributed by atoms with Gasteiger partial charge in [0.05, 0.1) is 14.9 Å². The summed E-state index contributed by atoms with van der Waals surface area (Å²) in [6, 6.07) is 0. The van der Waals surface area contributed by atoms with Crippen molar-refractivity contribution in [3.63, 3.8) is 0 Å². The molecule has 0 radical (unpaired) electrons. The lowest BCUT2D eigenvalue weighted by Crippen LogP contribution is -2.58. The van der Waals surface area contributed by atoms with Crippen molar-refractivity contribution in [1.82, 2.24) is 0 Å². The van der Waals surface area contributed by atoms with Crippen LogP contribution in [0, 0.1) is 10.2 Å². The van der Waals surface area contributed by atoms with Crippen molar-refractivity contribution >= 4 is 0 Å². The van der Waals surface area contributed by atoms with Gasteiger partial charge < -0.3 is 0 Å². The van der Waals surface area contributed by atoms with Crippen LogP contribution in [0.4, 0.5) is 0 Å². The van der Waals surface area contributed by atoms with Gasteiger partial charge >= 0.3 is 0 Å². The van der Waals surface area contributed by atoms with Crippen molar-refractivity contribution in [3.05, 3.63) is 0 Å². The molecular weight excluding hydrogens is 107 g/mol. The van der Waals surface area contributed by atoms with E-state index in [1.807, 2.05) is 0 Å². The van der Waals surface area contributed by atoms with Crippen molar-refractivity contribution < 1.29 is 28.9 Å². The highest BCUT2D eigenvalue weighted by molar-refractivity contribution is 2.15. The van der Waals surface area contributed by atoms with Crippen LogP contribution in [0.1, 0.15) is 0 Å². The van der Waals surface area contributed by atoms with E-state index < -0.39 is 10.2 Å². The lowest BCUT2D eigenvalue weighted by molar-refractivity contribution is -1.92. The molecule has 5 heavy (non-hydrogen) atoms. The molecule has 0 aliphatic carbocycles. The molecule has 4 nitrogen and oxygen atoms in total. The fourth-order valence-electron chi connectivity index (χ4n) is 0. The minimum atomic E-state index is -4.69. The van der Waals surface area contributed by atoms with Crippen molar-refractivity contribution in [3.8, 4) is 0 Å². The van der Waals surface area contributed by atoms with Gasteiger partial charge in [0.2, 0.25) is 0 Å². The first-order valence-electron chi connectivity index (χ1n) is 0.632. The highest BCUT2D eigenvalue weighted by Crippen LogP contribution is 1.60. The molecule has 0 spiro atoms. The molecule has 0 saturated heterocycles.